The summed E-state index contributed by atoms with van der Waals surface area (Å²) in [5, 5.41) is 2.57. The molecular weight excluding hydrogens is 538 g/mol. The summed E-state index contributed by atoms with van der Waals surface area (Å²) in [6, 6.07) is 10.5. The molecule has 2 aromatic carbocycles. The third kappa shape index (κ3) is 6.31. The molecule has 0 saturated carbocycles. The molecule has 0 aliphatic rings. The van der Waals surface area contributed by atoms with Crippen LogP contribution in [0.1, 0.15) is 51.2 Å². The maximum absolute atomic E-state index is 14.2. The minimum Gasteiger partial charge on any atom is -0.493 e. The van der Waals surface area contributed by atoms with Gasteiger partial charge in [0.15, 0.2) is 17.2 Å². The van der Waals surface area contributed by atoms with Crippen LogP contribution in [0.15, 0.2) is 42.5 Å². The summed E-state index contributed by atoms with van der Waals surface area (Å²) in [5.74, 6) is -2.20. The van der Waals surface area contributed by atoms with Gasteiger partial charge in [0.05, 0.1) is 26.5 Å². The quantitative estimate of drug-likeness (QED) is 0.277. The predicted octanol–water partition coefficient (Wildman–Crippen LogP) is 2.47. The number of nitrogens with zero attached hydrogens (tertiary/aromatic N) is 2. The van der Waals surface area contributed by atoms with Crippen molar-refractivity contribution in [3.63, 3.8) is 0 Å². The Labute approximate surface area is 235 Å². The fourth-order valence-corrected chi connectivity index (χ4v) is 4.80. The van der Waals surface area contributed by atoms with Crippen molar-refractivity contribution in [3.05, 3.63) is 64.2 Å². The van der Waals surface area contributed by atoms with E-state index in [-0.39, 0.29) is 22.9 Å². The number of nitrogens with two attached hydrogens (primary N) is 2. The largest absolute Gasteiger partial charge is 0.493 e. The highest BCUT2D eigenvalue weighted by molar-refractivity contribution is 7.09. The fraction of sp³-hybridized carbons (Fsp3) is 0.296. The van der Waals surface area contributed by atoms with E-state index in [4.69, 9.17) is 25.7 Å². The minimum atomic E-state index is -1.33. The topological polar surface area (TPSA) is 176 Å². The molecule has 0 aliphatic heterocycles. The van der Waals surface area contributed by atoms with E-state index in [9.17, 15) is 19.2 Å². The van der Waals surface area contributed by atoms with Crippen LogP contribution in [-0.4, -0.2) is 55.4 Å². The predicted molar refractivity (Wildman–Crippen MR) is 150 cm³/mol. The van der Waals surface area contributed by atoms with E-state index < -0.39 is 36.3 Å². The summed E-state index contributed by atoms with van der Waals surface area (Å²) < 4.78 is 19.7. The van der Waals surface area contributed by atoms with Gasteiger partial charge in [0, 0.05) is 5.69 Å². The Morgan fingerprint density at radius 2 is 1.75 bits per heavy atom. The second-order valence-electron chi connectivity index (χ2n) is 8.34. The van der Waals surface area contributed by atoms with E-state index >= 15 is 0 Å². The molecule has 1 heterocycles. The van der Waals surface area contributed by atoms with Gasteiger partial charge in [-0.3, -0.25) is 24.1 Å². The molecule has 212 valence electrons. The number of carbonyl (C=O) groups is 4. The first-order chi connectivity index (χ1) is 19.2. The van der Waals surface area contributed by atoms with Crippen molar-refractivity contribution in [2.75, 3.05) is 38.0 Å². The zero-order valence-electron chi connectivity index (χ0n) is 22.6. The van der Waals surface area contributed by atoms with Gasteiger partial charge in [-0.1, -0.05) is 31.2 Å². The van der Waals surface area contributed by atoms with Crippen LogP contribution in [0.4, 0.5) is 11.4 Å². The zero-order chi connectivity index (χ0) is 29.4. The number of hydrogen-bond acceptors (Lipinski definition) is 10. The van der Waals surface area contributed by atoms with Crippen molar-refractivity contribution < 1.29 is 33.4 Å². The Balaban J connectivity index is 2.26. The summed E-state index contributed by atoms with van der Waals surface area (Å²) in [6.07, 6.45) is 0.522. The zero-order valence-corrected chi connectivity index (χ0v) is 23.4. The number of esters is 1. The van der Waals surface area contributed by atoms with E-state index in [1.807, 2.05) is 19.1 Å². The van der Waals surface area contributed by atoms with Crippen LogP contribution >= 0.6 is 11.5 Å². The number of ether oxygens (including phenoxy) is 3. The Kier molecular flexibility index (Phi) is 10.0. The molecule has 12 nitrogen and oxygen atoms in total. The van der Waals surface area contributed by atoms with E-state index in [0.717, 1.165) is 5.56 Å². The number of carbonyl (C=O) groups excluding carboxylic acids is 4. The standard InChI is InChI=1S/C27H31N5O7S/c1-5-15-9-7-8-10-17(15)32(27(36)24-21(28)22(25(29)34)31-40-24)23(26(35)30-14-20(33)39-6-2)16-11-12-18(37-3)19(13-16)38-4/h7-13,23H,5-6,14,28H2,1-4H3,(H2,29,34)(H,30,35)/t23-/m1/s1. The van der Waals surface area contributed by atoms with Gasteiger partial charge in [-0.25, -0.2) is 0 Å². The number of amides is 3. The molecule has 40 heavy (non-hydrogen) atoms. The highest BCUT2D eigenvalue weighted by atomic mass is 32.1. The van der Waals surface area contributed by atoms with Crippen LogP contribution < -0.4 is 31.2 Å². The molecule has 3 aromatic rings. The molecule has 0 bridgehead atoms. The van der Waals surface area contributed by atoms with Crippen LogP contribution in [0.25, 0.3) is 0 Å². The Morgan fingerprint density at radius 3 is 2.35 bits per heavy atom. The van der Waals surface area contributed by atoms with Crippen LogP contribution in [0.2, 0.25) is 0 Å². The van der Waals surface area contributed by atoms with Gasteiger partial charge in [-0.15, -0.1) is 0 Å². The number of aryl methyl sites for hydroxylation is 1. The maximum Gasteiger partial charge on any atom is 0.325 e. The van der Waals surface area contributed by atoms with Crippen molar-refractivity contribution >= 4 is 46.6 Å². The first-order valence-electron chi connectivity index (χ1n) is 12.3. The summed E-state index contributed by atoms with van der Waals surface area (Å²) in [4.78, 5) is 53.2. The third-order valence-electron chi connectivity index (χ3n) is 5.95. The molecule has 0 aliphatic carbocycles. The van der Waals surface area contributed by atoms with Crippen molar-refractivity contribution in [2.45, 2.75) is 26.3 Å². The molecule has 1 atom stereocenters. The van der Waals surface area contributed by atoms with Gasteiger partial charge in [-0.2, -0.15) is 4.37 Å². The van der Waals surface area contributed by atoms with Crippen LogP contribution in [-0.2, 0) is 20.7 Å². The monoisotopic (exact) mass is 569 g/mol. The lowest BCUT2D eigenvalue weighted by atomic mass is 9.99. The summed E-state index contributed by atoms with van der Waals surface area (Å²) in [7, 11) is 2.91. The maximum atomic E-state index is 14.2. The molecule has 0 unspecified atom stereocenters. The smallest absolute Gasteiger partial charge is 0.325 e. The number of hydrogen-bond donors (Lipinski definition) is 3. The molecule has 0 saturated heterocycles. The first-order valence-corrected chi connectivity index (χ1v) is 13.1. The Hall–Kier alpha value is -4.65. The normalized spacial score (nSPS) is 11.3. The number of para-hydroxylation sites is 1. The number of aromatic nitrogens is 1. The minimum absolute atomic E-state index is 0.0802. The molecule has 0 radical (unpaired) electrons. The molecular formula is C27H31N5O7S. The highest BCUT2D eigenvalue weighted by Crippen LogP contribution is 2.38. The molecule has 1 aromatic heterocycles. The van der Waals surface area contributed by atoms with E-state index in [1.165, 1.54) is 19.1 Å². The van der Waals surface area contributed by atoms with E-state index in [2.05, 4.69) is 9.69 Å². The Morgan fingerprint density at radius 1 is 1.05 bits per heavy atom. The summed E-state index contributed by atoms with van der Waals surface area (Å²) >= 11 is 0.694. The van der Waals surface area contributed by atoms with Gasteiger partial charge in [0.2, 0.25) is 5.91 Å². The van der Waals surface area contributed by atoms with Gasteiger partial charge in [-0.05, 0) is 54.2 Å². The number of nitrogens with one attached hydrogen (secondary N) is 1. The lowest BCUT2D eigenvalue weighted by Crippen LogP contribution is -2.45. The molecule has 3 amide bonds. The number of methoxy groups -OCH3 is 2. The lowest BCUT2D eigenvalue weighted by molar-refractivity contribution is -0.143. The third-order valence-corrected chi connectivity index (χ3v) is 6.80. The van der Waals surface area contributed by atoms with Crippen molar-refractivity contribution in [3.8, 4) is 11.5 Å². The second kappa shape index (κ2) is 13.4. The second-order valence-corrected chi connectivity index (χ2v) is 9.11. The fourth-order valence-electron chi connectivity index (χ4n) is 4.06. The van der Waals surface area contributed by atoms with Gasteiger partial charge in [0.25, 0.3) is 11.8 Å². The summed E-state index contributed by atoms with van der Waals surface area (Å²) in [5.41, 5.74) is 12.6. The van der Waals surface area contributed by atoms with Gasteiger partial charge in [0.1, 0.15) is 17.5 Å². The molecule has 0 fully saturated rings. The number of nitrogen functional groups attached to an aromatic ring is 1. The van der Waals surface area contributed by atoms with Gasteiger partial charge >= 0.3 is 5.97 Å². The van der Waals surface area contributed by atoms with E-state index in [0.29, 0.717) is 40.7 Å². The lowest BCUT2D eigenvalue weighted by Gasteiger charge is -2.32. The van der Waals surface area contributed by atoms with Crippen LogP contribution in [0, 0.1) is 0 Å². The highest BCUT2D eigenvalue weighted by Gasteiger charge is 2.37. The van der Waals surface area contributed by atoms with Gasteiger partial charge < -0.3 is 31.0 Å². The number of anilines is 2. The van der Waals surface area contributed by atoms with Crippen molar-refractivity contribution in [2.24, 2.45) is 5.73 Å². The average molecular weight is 570 g/mol. The van der Waals surface area contributed by atoms with Crippen LogP contribution in [0.3, 0.4) is 0 Å². The number of rotatable bonds is 12. The molecule has 5 N–H and O–H groups in total. The van der Waals surface area contributed by atoms with Crippen molar-refractivity contribution in [1.29, 1.82) is 0 Å². The van der Waals surface area contributed by atoms with Crippen LogP contribution in [0.5, 0.6) is 11.5 Å². The number of primary amides is 1. The average Bonchev–Trinajstić information content (AvgIpc) is 3.35. The molecule has 13 heteroatoms. The first kappa shape index (κ1) is 29.9. The summed E-state index contributed by atoms with van der Waals surface area (Å²) in [6.45, 7) is 3.26. The Bertz CT molecular complexity index is 1410. The molecule has 3 rings (SSSR count). The number of benzene rings is 2. The SMILES string of the molecule is CCOC(=O)CNC(=O)[C@@H](c1ccc(OC)c(OC)c1)N(C(=O)c1snc(C(N)=O)c1N)c1ccccc1CC. The molecule has 0 spiro atoms. The van der Waals surface area contributed by atoms with Crippen molar-refractivity contribution in [1.82, 2.24) is 9.69 Å². The van der Waals surface area contributed by atoms with E-state index in [1.54, 1.807) is 37.3 Å².